The molecule has 0 aromatic carbocycles. The van der Waals surface area contributed by atoms with E-state index in [1.54, 1.807) is 0 Å². The molecule has 0 atom stereocenters. The molecule has 2 aliphatic rings. The van der Waals surface area contributed by atoms with Crippen LogP contribution >= 0.6 is 0 Å². The van der Waals surface area contributed by atoms with Crippen LogP contribution in [-0.2, 0) is 9.47 Å². The van der Waals surface area contributed by atoms with Crippen LogP contribution in [-0.4, -0.2) is 61.5 Å². The molecule has 0 bridgehead atoms. The molecule has 2 rings (SSSR count). The summed E-state index contributed by atoms with van der Waals surface area (Å²) in [6.45, 7) is 17.3. The fourth-order valence-electron chi connectivity index (χ4n) is 3.02. The Bertz CT molecular complexity index is 307. The number of likely N-dealkylation sites (tertiary alicyclic amines) is 1. The van der Waals surface area contributed by atoms with E-state index in [1.807, 2.05) is 0 Å². The zero-order valence-electron chi connectivity index (χ0n) is 16.6. The van der Waals surface area contributed by atoms with Gasteiger partial charge in [0.15, 0.2) is 0 Å². The first-order valence-electron chi connectivity index (χ1n) is 9.30. The van der Waals surface area contributed by atoms with E-state index in [-0.39, 0.29) is 18.6 Å². The van der Waals surface area contributed by atoms with Crippen LogP contribution in [0.1, 0.15) is 74.7 Å². The van der Waals surface area contributed by atoms with Gasteiger partial charge in [0.2, 0.25) is 0 Å². The number of hydrogen-bond donors (Lipinski definition) is 1. The maximum atomic E-state index is 5.90. The summed E-state index contributed by atoms with van der Waals surface area (Å²) in [5.74, 6) is 0. The third-order valence-corrected chi connectivity index (χ3v) is 3.99. The normalized spacial score (nSPS) is 21.6. The molecule has 0 unspecified atom stereocenters. The van der Waals surface area contributed by atoms with Gasteiger partial charge in [-0.2, -0.15) is 0 Å². The highest BCUT2D eigenvalue weighted by Crippen LogP contribution is 2.19. The van der Waals surface area contributed by atoms with E-state index in [1.165, 1.54) is 25.9 Å². The Kier molecular flexibility index (Phi) is 10.7. The van der Waals surface area contributed by atoms with Crippen molar-refractivity contribution < 1.29 is 9.47 Å². The summed E-state index contributed by atoms with van der Waals surface area (Å²) in [5, 5.41) is 3.32. The summed E-state index contributed by atoms with van der Waals surface area (Å²) in [5.41, 5.74) is 0.0581. The molecule has 0 aliphatic carbocycles. The molecule has 24 heavy (non-hydrogen) atoms. The van der Waals surface area contributed by atoms with E-state index in [0.29, 0.717) is 12.2 Å². The van der Waals surface area contributed by atoms with E-state index in [9.17, 15) is 0 Å². The second-order valence-electron chi connectivity index (χ2n) is 8.91. The minimum Gasteiger partial charge on any atom is -0.373 e. The Morgan fingerprint density at radius 3 is 1.50 bits per heavy atom. The molecule has 2 saturated heterocycles. The number of rotatable bonds is 2. The maximum absolute atomic E-state index is 5.90. The summed E-state index contributed by atoms with van der Waals surface area (Å²) in [6.07, 6.45) is 5.67. The molecule has 2 heterocycles. The van der Waals surface area contributed by atoms with Gasteiger partial charge in [0, 0.05) is 13.1 Å². The minimum atomic E-state index is 0. The molecule has 2 fully saturated rings. The van der Waals surface area contributed by atoms with Crippen molar-refractivity contribution in [2.75, 3.05) is 33.2 Å². The van der Waals surface area contributed by atoms with Crippen LogP contribution in [0.5, 0.6) is 0 Å². The van der Waals surface area contributed by atoms with Crippen LogP contribution in [0.4, 0.5) is 0 Å². The molecule has 0 aromatic heterocycles. The van der Waals surface area contributed by atoms with Gasteiger partial charge in [-0.15, -0.1) is 0 Å². The molecule has 146 valence electrons. The Labute approximate surface area is 151 Å². The average Bonchev–Trinajstić information content (AvgIpc) is 2.40. The van der Waals surface area contributed by atoms with Crippen molar-refractivity contribution in [3.8, 4) is 0 Å². The third kappa shape index (κ3) is 12.2. The zero-order valence-corrected chi connectivity index (χ0v) is 16.6. The molecule has 0 radical (unpaired) electrons. The van der Waals surface area contributed by atoms with Gasteiger partial charge >= 0.3 is 0 Å². The largest absolute Gasteiger partial charge is 0.373 e. The lowest BCUT2D eigenvalue weighted by molar-refractivity contribution is -0.0800. The minimum absolute atomic E-state index is 0. The number of nitrogens with zero attached hydrogens (tertiary/aromatic N) is 1. The molecule has 0 spiro atoms. The monoisotopic (exact) mass is 344 g/mol. The highest BCUT2D eigenvalue weighted by Gasteiger charge is 2.22. The van der Waals surface area contributed by atoms with Crippen LogP contribution in [0.2, 0.25) is 0 Å². The Balaban J connectivity index is 0.000000425. The number of hydrogen-bond acceptors (Lipinski definition) is 4. The van der Waals surface area contributed by atoms with Gasteiger partial charge in [-0.3, -0.25) is 0 Å². The van der Waals surface area contributed by atoms with E-state index >= 15 is 0 Å². The first kappa shape index (κ1) is 23.8. The van der Waals surface area contributed by atoms with Crippen LogP contribution < -0.4 is 5.32 Å². The molecule has 0 aromatic rings. The summed E-state index contributed by atoms with van der Waals surface area (Å²) >= 11 is 0. The van der Waals surface area contributed by atoms with Crippen LogP contribution in [0.3, 0.4) is 0 Å². The predicted octanol–water partition coefficient (Wildman–Crippen LogP) is 4.09. The lowest BCUT2D eigenvalue weighted by Crippen LogP contribution is -2.37. The Morgan fingerprint density at radius 1 is 0.750 bits per heavy atom. The highest BCUT2D eigenvalue weighted by atomic mass is 16.5. The lowest BCUT2D eigenvalue weighted by atomic mass is 10.1. The summed E-state index contributed by atoms with van der Waals surface area (Å²) in [4.78, 5) is 2.36. The van der Waals surface area contributed by atoms with Crippen molar-refractivity contribution in [1.29, 1.82) is 0 Å². The van der Waals surface area contributed by atoms with E-state index in [4.69, 9.17) is 9.47 Å². The van der Waals surface area contributed by atoms with E-state index in [2.05, 4.69) is 58.8 Å². The molecule has 4 heteroatoms. The van der Waals surface area contributed by atoms with Gasteiger partial charge in [0.05, 0.1) is 23.4 Å². The molecule has 4 nitrogen and oxygen atoms in total. The zero-order chi connectivity index (χ0) is 17.5. The summed E-state index contributed by atoms with van der Waals surface area (Å²) in [7, 11) is 2.17. The van der Waals surface area contributed by atoms with Crippen molar-refractivity contribution in [3.63, 3.8) is 0 Å². The second-order valence-corrected chi connectivity index (χ2v) is 8.91. The van der Waals surface area contributed by atoms with Gasteiger partial charge in [0.1, 0.15) is 0 Å². The van der Waals surface area contributed by atoms with E-state index < -0.39 is 0 Å². The third-order valence-electron chi connectivity index (χ3n) is 3.99. The molecular weight excluding hydrogens is 300 g/mol. The first-order valence-corrected chi connectivity index (χ1v) is 9.30. The first-order chi connectivity index (χ1) is 10.6. The van der Waals surface area contributed by atoms with Crippen molar-refractivity contribution >= 4 is 0 Å². The van der Waals surface area contributed by atoms with Crippen LogP contribution in [0, 0.1) is 0 Å². The van der Waals surface area contributed by atoms with Crippen LogP contribution in [0.15, 0.2) is 0 Å². The summed E-state index contributed by atoms with van der Waals surface area (Å²) < 4.78 is 11.7. The fourth-order valence-corrected chi connectivity index (χ4v) is 3.02. The summed E-state index contributed by atoms with van der Waals surface area (Å²) in [6, 6.07) is 0. The topological polar surface area (TPSA) is 33.7 Å². The van der Waals surface area contributed by atoms with Gasteiger partial charge < -0.3 is 19.7 Å². The van der Waals surface area contributed by atoms with Gasteiger partial charge in [-0.05, 0) is 87.4 Å². The van der Waals surface area contributed by atoms with Crippen molar-refractivity contribution in [3.05, 3.63) is 0 Å². The predicted molar refractivity (Wildman–Crippen MR) is 105 cm³/mol. The highest BCUT2D eigenvalue weighted by molar-refractivity contribution is 4.73. The molecule has 1 N–H and O–H groups in total. The smallest absolute Gasteiger partial charge is 0.0606 e. The number of ether oxygens (including phenoxy) is 2. The standard InChI is InChI=1S/C10H21NO.C9H19NO.CH4/c1-10(2,3)12-9-5-7-11(4)8-6-9;1-9(2,3)11-8-4-6-10-7-5-8;/h9H,5-8H2,1-4H3;8,10H,4-7H2,1-3H3;1H4. The Hall–Kier alpha value is -0.160. The molecular formula is C20H44N2O2. The molecule has 0 saturated carbocycles. The fraction of sp³-hybridized carbons (Fsp3) is 1.00. The average molecular weight is 345 g/mol. The second kappa shape index (κ2) is 10.7. The van der Waals surface area contributed by atoms with Gasteiger partial charge in [-0.25, -0.2) is 0 Å². The quantitative estimate of drug-likeness (QED) is 0.818. The maximum Gasteiger partial charge on any atom is 0.0606 e. The van der Waals surface area contributed by atoms with Gasteiger partial charge in [-0.1, -0.05) is 7.43 Å². The van der Waals surface area contributed by atoms with E-state index in [0.717, 1.165) is 25.9 Å². The van der Waals surface area contributed by atoms with Crippen molar-refractivity contribution in [1.82, 2.24) is 10.2 Å². The Morgan fingerprint density at radius 2 is 1.12 bits per heavy atom. The number of piperidine rings is 2. The SMILES string of the molecule is C.CC(C)(C)OC1CCNCC1.CN1CCC(OC(C)(C)C)CC1. The number of nitrogens with one attached hydrogen (secondary N) is 1. The lowest BCUT2D eigenvalue weighted by Gasteiger charge is -2.33. The van der Waals surface area contributed by atoms with Crippen molar-refractivity contribution in [2.45, 2.75) is 98.1 Å². The van der Waals surface area contributed by atoms with Gasteiger partial charge in [0.25, 0.3) is 0 Å². The van der Waals surface area contributed by atoms with Crippen LogP contribution in [0.25, 0.3) is 0 Å². The molecule has 2 aliphatic heterocycles. The van der Waals surface area contributed by atoms with Crippen molar-refractivity contribution in [2.24, 2.45) is 0 Å². The molecule has 0 amide bonds.